The van der Waals surface area contributed by atoms with Crippen LogP contribution in [0.15, 0.2) is 42.5 Å². The molecule has 0 aliphatic rings. The Balaban J connectivity index is 1.93. The number of amides is 1. The van der Waals surface area contributed by atoms with E-state index in [1.165, 1.54) is 12.1 Å². The first-order valence-corrected chi connectivity index (χ1v) is 7.83. The van der Waals surface area contributed by atoms with Gasteiger partial charge in [0.15, 0.2) is 6.61 Å². The summed E-state index contributed by atoms with van der Waals surface area (Å²) < 4.78 is 43.1. The van der Waals surface area contributed by atoms with Crippen molar-refractivity contribution in [3.8, 4) is 5.75 Å². The summed E-state index contributed by atoms with van der Waals surface area (Å²) in [6, 6.07) is 10.1. The maximum absolute atomic E-state index is 12.7. The molecule has 1 N–H and O–H groups in total. The number of carbonyl (C=O) groups is 1. The Kier molecular flexibility index (Phi) is 5.72. The van der Waals surface area contributed by atoms with Crippen molar-refractivity contribution in [1.82, 2.24) is 5.32 Å². The highest BCUT2D eigenvalue weighted by Crippen LogP contribution is 2.31. The van der Waals surface area contributed by atoms with Crippen molar-refractivity contribution in [2.24, 2.45) is 0 Å². The number of benzene rings is 2. The van der Waals surface area contributed by atoms with Gasteiger partial charge in [-0.1, -0.05) is 24.3 Å². The zero-order valence-electron chi connectivity index (χ0n) is 14.3. The first-order chi connectivity index (χ1) is 11.7. The fraction of sp³-hybridized carbons (Fsp3) is 0.316. The minimum absolute atomic E-state index is 0.00353. The van der Waals surface area contributed by atoms with Gasteiger partial charge in [0.1, 0.15) is 5.75 Å². The summed E-state index contributed by atoms with van der Waals surface area (Å²) in [5.74, 6) is -0.396. The average molecular weight is 351 g/mol. The Hall–Kier alpha value is -2.50. The topological polar surface area (TPSA) is 38.3 Å². The van der Waals surface area contributed by atoms with Gasteiger partial charge in [-0.3, -0.25) is 4.79 Å². The number of carbonyl (C=O) groups excluding carboxylic acids is 1. The predicted molar refractivity (Wildman–Crippen MR) is 89.4 cm³/mol. The Morgan fingerprint density at radius 1 is 1.12 bits per heavy atom. The van der Waals surface area contributed by atoms with E-state index in [2.05, 4.69) is 5.32 Å². The largest absolute Gasteiger partial charge is 0.484 e. The van der Waals surface area contributed by atoms with E-state index in [-0.39, 0.29) is 18.4 Å². The van der Waals surface area contributed by atoms with Crippen LogP contribution in [-0.2, 0) is 11.0 Å². The predicted octanol–water partition coefficient (Wildman–Crippen LogP) is 4.58. The number of ether oxygens (including phenoxy) is 1. The number of hydrogen-bond donors (Lipinski definition) is 1. The van der Waals surface area contributed by atoms with E-state index in [0.717, 1.165) is 28.8 Å². The molecule has 0 heterocycles. The molecule has 2 rings (SSSR count). The summed E-state index contributed by atoms with van der Waals surface area (Å²) >= 11 is 0. The molecule has 2 aromatic carbocycles. The molecule has 1 atom stereocenters. The Bertz CT molecular complexity index is 757. The molecule has 1 amide bonds. The lowest BCUT2D eigenvalue weighted by Gasteiger charge is -2.16. The van der Waals surface area contributed by atoms with Crippen LogP contribution < -0.4 is 10.1 Å². The van der Waals surface area contributed by atoms with Crippen LogP contribution in [0.1, 0.15) is 35.2 Å². The minimum Gasteiger partial charge on any atom is -0.484 e. The third-order valence-corrected chi connectivity index (χ3v) is 3.94. The zero-order valence-corrected chi connectivity index (χ0v) is 14.3. The van der Waals surface area contributed by atoms with Crippen LogP contribution in [-0.4, -0.2) is 12.5 Å². The molecule has 0 spiro atoms. The summed E-state index contributed by atoms with van der Waals surface area (Å²) in [4.78, 5) is 12.0. The van der Waals surface area contributed by atoms with Gasteiger partial charge in [-0.15, -0.1) is 0 Å². The molecule has 2 aromatic rings. The third-order valence-electron chi connectivity index (χ3n) is 3.94. The van der Waals surface area contributed by atoms with Crippen LogP contribution >= 0.6 is 0 Å². The number of rotatable bonds is 5. The number of hydrogen-bond acceptors (Lipinski definition) is 2. The Morgan fingerprint density at radius 3 is 2.48 bits per heavy atom. The highest BCUT2D eigenvalue weighted by atomic mass is 19.4. The first-order valence-electron chi connectivity index (χ1n) is 7.83. The average Bonchev–Trinajstić information content (AvgIpc) is 2.55. The molecule has 0 radical (unpaired) electrons. The fourth-order valence-electron chi connectivity index (χ4n) is 2.31. The molecule has 0 fully saturated rings. The Labute approximate surface area is 144 Å². The van der Waals surface area contributed by atoms with Crippen molar-refractivity contribution in [1.29, 1.82) is 0 Å². The molecule has 25 heavy (non-hydrogen) atoms. The van der Waals surface area contributed by atoms with Crippen LogP contribution in [0.3, 0.4) is 0 Å². The van der Waals surface area contributed by atoms with E-state index >= 15 is 0 Å². The van der Waals surface area contributed by atoms with Crippen molar-refractivity contribution in [2.45, 2.75) is 33.0 Å². The lowest BCUT2D eigenvalue weighted by atomic mass is 10.0. The third kappa shape index (κ3) is 5.24. The highest BCUT2D eigenvalue weighted by molar-refractivity contribution is 5.78. The standard InChI is InChI=1S/C19H20F3NO2/c1-12-7-8-15(9-13(12)2)14(3)23-18(24)11-25-17-6-4-5-16(10-17)19(20,21)22/h4-10,14H,11H2,1-3H3,(H,23,24)/t14-/m0/s1. The monoisotopic (exact) mass is 351 g/mol. The first kappa shape index (κ1) is 18.8. The van der Waals surface area contributed by atoms with Crippen molar-refractivity contribution in [3.05, 3.63) is 64.7 Å². The van der Waals surface area contributed by atoms with Crippen molar-refractivity contribution in [2.75, 3.05) is 6.61 Å². The quantitative estimate of drug-likeness (QED) is 0.856. The van der Waals surface area contributed by atoms with E-state index in [1.54, 1.807) is 0 Å². The van der Waals surface area contributed by atoms with Gasteiger partial charge in [-0.2, -0.15) is 13.2 Å². The van der Waals surface area contributed by atoms with Crippen molar-refractivity contribution >= 4 is 5.91 Å². The second-order valence-corrected chi connectivity index (χ2v) is 5.95. The fourth-order valence-corrected chi connectivity index (χ4v) is 2.31. The maximum Gasteiger partial charge on any atom is 0.416 e. The number of halogens is 3. The van der Waals surface area contributed by atoms with Gasteiger partial charge in [0.25, 0.3) is 5.91 Å². The summed E-state index contributed by atoms with van der Waals surface area (Å²) in [5, 5.41) is 2.77. The molecule has 0 aliphatic carbocycles. The van der Waals surface area contributed by atoms with Gasteiger partial charge in [0.2, 0.25) is 0 Å². The molecule has 0 aromatic heterocycles. The minimum atomic E-state index is -4.44. The summed E-state index contributed by atoms with van der Waals surface area (Å²) in [6.07, 6.45) is -4.44. The molecule has 6 heteroatoms. The van der Waals surface area contributed by atoms with E-state index in [4.69, 9.17) is 4.74 Å². The molecule has 0 aliphatic heterocycles. The highest BCUT2D eigenvalue weighted by Gasteiger charge is 2.30. The van der Waals surface area contributed by atoms with Gasteiger partial charge in [0.05, 0.1) is 11.6 Å². The SMILES string of the molecule is Cc1ccc([C@H](C)NC(=O)COc2cccc(C(F)(F)F)c2)cc1C. The number of nitrogens with one attached hydrogen (secondary N) is 1. The van der Waals surface area contributed by atoms with Crippen molar-refractivity contribution < 1.29 is 22.7 Å². The normalized spacial score (nSPS) is 12.6. The van der Waals surface area contributed by atoms with Gasteiger partial charge < -0.3 is 10.1 Å². The van der Waals surface area contributed by atoms with E-state index in [1.807, 2.05) is 39.0 Å². The number of alkyl halides is 3. The second kappa shape index (κ2) is 7.59. The Morgan fingerprint density at radius 2 is 1.84 bits per heavy atom. The summed E-state index contributed by atoms with van der Waals surface area (Å²) in [7, 11) is 0. The van der Waals surface area contributed by atoms with Gasteiger partial charge in [0, 0.05) is 0 Å². The van der Waals surface area contributed by atoms with Crippen LogP contribution in [0, 0.1) is 13.8 Å². The lowest BCUT2D eigenvalue weighted by Crippen LogP contribution is -2.31. The van der Waals surface area contributed by atoms with E-state index in [9.17, 15) is 18.0 Å². The second-order valence-electron chi connectivity index (χ2n) is 5.95. The lowest BCUT2D eigenvalue weighted by molar-refractivity contribution is -0.137. The molecule has 0 unspecified atom stereocenters. The van der Waals surface area contributed by atoms with Crippen LogP contribution in [0.25, 0.3) is 0 Å². The molecule has 134 valence electrons. The van der Waals surface area contributed by atoms with Gasteiger partial charge >= 0.3 is 6.18 Å². The molecular weight excluding hydrogens is 331 g/mol. The van der Waals surface area contributed by atoms with Crippen molar-refractivity contribution in [3.63, 3.8) is 0 Å². The molecular formula is C19H20F3NO2. The molecule has 0 saturated heterocycles. The molecule has 0 bridgehead atoms. The van der Waals surface area contributed by atoms with Gasteiger partial charge in [-0.25, -0.2) is 0 Å². The van der Waals surface area contributed by atoms with Crippen LogP contribution in [0.2, 0.25) is 0 Å². The van der Waals surface area contributed by atoms with Crippen LogP contribution in [0.5, 0.6) is 5.75 Å². The summed E-state index contributed by atoms with van der Waals surface area (Å²) in [6.45, 7) is 5.48. The zero-order chi connectivity index (χ0) is 18.6. The number of aryl methyl sites for hydroxylation is 2. The smallest absolute Gasteiger partial charge is 0.416 e. The van der Waals surface area contributed by atoms with E-state index in [0.29, 0.717) is 0 Å². The van der Waals surface area contributed by atoms with Gasteiger partial charge in [-0.05, 0) is 55.7 Å². The maximum atomic E-state index is 12.7. The molecule has 0 saturated carbocycles. The molecule has 3 nitrogen and oxygen atoms in total. The summed E-state index contributed by atoms with van der Waals surface area (Å²) in [5.41, 5.74) is 2.43. The van der Waals surface area contributed by atoms with Crippen LogP contribution in [0.4, 0.5) is 13.2 Å². The van der Waals surface area contributed by atoms with E-state index < -0.39 is 17.6 Å².